The second-order valence-electron chi connectivity index (χ2n) is 16.0. The van der Waals surface area contributed by atoms with E-state index in [1.807, 2.05) is 0 Å². The topological polar surface area (TPSA) is 18.0 Å². The summed E-state index contributed by atoms with van der Waals surface area (Å²) in [7, 11) is 0. The van der Waals surface area contributed by atoms with Gasteiger partial charge in [-0.15, -0.1) is 0 Å². The van der Waals surface area contributed by atoms with Gasteiger partial charge in [-0.2, -0.15) is 0 Å². The Morgan fingerprint density at radius 3 is 1.59 bits per heavy atom. The van der Waals surface area contributed by atoms with Gasteiger partial charge in [-0.1, -0.05) is 133 Å². The summed E-state index contributed by atoms with van der Waals surface area (Å²) in [6.07, 6.45) is 0. The second-order valence-corrected chi connectivity index (χ2v) is 16.0. The number of benzene rings is 9. The molecule has 59 heavy (non-hydrogen) atoms. The minimum atomic E-state index is -0.0836. The fraction of sp³-hybridized carbons (Fsp3) is 0. The number of anilines is 3. The van der Waals surface area contributed by atoms with Crippen LogP contribution in [-0.2, 0) is 0 Å². The van der Waals surface area contributed by atoms with Crippen LogP contribution in [0.15, 0.2) is 200 Å². The molecule has 0 fully saturated rings. The Morgan fingerprint density at radius 1 is 0.305 bits per heavy atom. The monoisotopic (exact) mass is 748 g/mol. The van der Waals surface area contributed by atoms with Crippen molar-refractivity contribution in [2.24, 2.45) is 0 Å². The molecule has 4 nitrogen and oxygen atoms in total. The van der Waals surface area contributed by atoms with Crippen LogP contribution in [0.5, 0.6) is 0 Å². The summed E-state index contributed by atoms with van der Waals surface area (Å²) in [5.41, 5.74) is 18.5. The normalized spacial score (nSPS) is 13.0. The number of fused-ring (bicyclic) bond motifs is 14. The number of rotatable bonds is 3. The quantitative estimate of drug-likeness (QED) is 0.165. The van der Waals surface area contributed by atoms with Gasteiger partial charge in [0, 0.05) is 77.4 Å². The van der Waals surface area contributed by atoms with Crippen LogP contribution in [0.3, 0.4) is 0 Å². The molecule has 0 saturated heterocycles. The van der Waals surface area contributed by atoms with Crippen LogP contribution in [0, 0.1) is 0 Å². The molecular formula is C54H33BN4. The summed E-state index contributed by atoms with van der Waals surface area (Å²) in [6, 6.07) is 74.2. The molecule has 2 aliphatic heterocycles. The average molecular weight is 749 g/mol. The first-order valence-corrected chi connectivity index (χ1v) is 20.5. The van der Waals surface area contributed by atoms with E-state index in [0.717, 1.165) is 17.1 Å². The van der Waals surface area contributed by atoms with Crippen LogP contribution in [0.2, 0.25) is 0 Å². The Balaban J connectivity index is 1.17. The van der Waals surface area contributed by atoms with Gasteiger partial charge in [-0.3, -0.25) is 0 Å². The molecule has 0 saturated carbocycles. The standard InChI is InChI=1S/C54H33BN4/c1-3-15-34(16-4-1)56-45-25-10-7-19-37(45)40-30-29-36(33-50(40)56)57-48-28-14-22-41-43-24-13-23-42-39-21-9-12-27-47(39)59(53(42)43)55(51(41)48)52-49(57)32-31-44-38-20-8-11-26-46(38)58(54(44)52)35-17-5-2-6-18-35/h1-33H. The van der Waals surface area contributed by atoms with Crippen molar-refractivity contribution >= 4 is 100 Å². The second kappa shape index (κ2) is 11.4. The lowest BCUT2D eigenvalue weighted by atomic mass is 9.44. The largest absolute Gasteiger partial charge is 0.375 e. The van der Waals surface area contributed by atoms with Crippen LogP contribution in [0.1, 0.15) is 0 Å². The van der Waals surface area contributed by atoms with Crippen LogP contribution >= 0.6 is 0 Å². The molecule has 5 heteroatoms. The van der Waals surface area contributed by atoms with E-state index in [-0.39, 0.29) is 6.85 Å². The molecule has 0 amide bonds. The SMILES string of the molecule is c1ccc(-n2c3ccccc3c3ccc(N4c5cccc6c5B(c5c4ccc4c7ccccc7n(-c7ccccc7)c54)n4c5ccccc5c5cccc-6c54)cc32)cc1. The Labute approximate surface area is 340 Å². The molecule has 0 spiro atoms. The molecule has 0 aliphatic carbocycles. The minimum Gasteiger partial charge on any atom is -0.375 e. The van der Waals surface area contributed by atoms with Crippen LogP contribution in [-0.4, -0.2) is 20.5 Å². The van der Waals surface area contributed by atoms with E-state index < -0.39 is 0 Å². The van der Waals surface area contributed by atoms with E-state index in [2.05, 4.69) is 219 Å². The maximum atomic E-state index is 2.67. The molecule has 0 bridgehead atoms. The maximum absolute atomic E-state index is 2.67. The number of para-hydroxylation sites is 6. The van der Waals surface area contributed by atoms with E-state index in [4.69, 9.17) is 0 Å². The molecule has 14 rings (SSSR count). The molecule has 272 valence electrons. The van der Waals surface area contributed by atoms with Crippen molar-refractivity contribution < 1.29 is 0 Å². The molecule has 3 aromatic heterocycles. The van der Waals surface area contributed by atoms with Gasteiger partial charge in [0.2, 0.25) is 0 Å². The smallest absolute Gasteiger partial charge is 0.335 e. The first kappa shape index (κ1) is 31.3. The summed E-state index contributed by atoms with van der Waals surface area (Å²) in [5.74, 6) is 0. The average Bonchev–Trinajstić information content (AvgIpc) is 3.94. The van der Waals surface area contributed by atoms with Crippen LogP contribution in [0.4, 0.5) is 17.1 Å². The Morgan fingerprint density at radius 2 is 0.831 bits per heavy atom. The molecule has 2 aliphatic rings. The van der Waals surface area contributed by atoms with Gasteiger partial charge in [-0.05, 0) is 83.2 Å². The summed E-state index contributed by atoms with van der Waals surface area (Å²) in [5, 5.41) is 7.60. The predicted octanol–water partition coefficient (Wildman–Crippen LogP) is 12.4. The first-order chi connectivity index (χ1) is 29.3. The zero-order chi connectivity index (χ0) is 38.3. The summed E-state index contributed by atoms with van der Waals surface area (Å²) in [4.78, 5) is 2.56. The Kier molecular flexibility index (Phi) is 6.07. The van der Waals surface area contributed by atoms with E-state index in [0.29, 0.717) is 0 Å². The van der Waals surface area contributed by atoms with Crippen LogP contribution in [0.25, 0.3) is 87.9 Å². The number of hydrogen-bond acceptors (Lipinski definition) is 1. The first-order valence-electron chi connectivity index (χ1n) is 20.5. The third kappa shape index (κ3) is 3.99. The number of aromatic nitrogens is 3. The highest BCUT2D eigenvalue weighted by atomic mass is 15.2. The highest BCUT2D eigenvalue weighted by Gasteiger charge is 2.44. The zero-order valence-electron chi connectivity index (χ0n) is 31.9. The van der Waals surface area contributed by atoms with Crippen molar-refractivity contribution in [3.05, 3.63) is 200 Å². The third-order valence-corrected chi connectivity index (χ3v) is 13.2. The van der Waals surface area contributed by atoms with Crippen molar-refractivity contribution in [2.75, 3.05) is 4.90 Å². The number of hydrogen-bond donors (Lipinski definition) is 0. The van der Waals surface area contributed by atoms with Gasteiger partial charge in [0.25, 0.3) is 0 Å². The highest BCUT2D eigenvalue weighted by molar-refractivity contribution is 6.91. The van der Waals surface area contributed by atoms with Crippen molar-refractivity contribution in [1.82, 2.24) is 13.6 Å². The third-order valence-electron chi connectivity index (χ3n) is 13.2. The molecule has 5 heterocycles. The molecule has 0 unspecified atom stereocenters. The number of nitrogens with zero attached hydrogens (tertiary/aromatic N) is 4. The lowest BCUT2D eigenvalue weighted by molar-refractivity contribution is 1.17. The summed E-state index contributed by atoms with van der Waals surface area (Å²) >= 11 is 0. The molecule has 12 aromatic rings. The van der Waals surface area contributed by atoms with E-state index >= 15 is 0 Å². The van der Waals surface area contributed by atoms with E-state index in [9.17, 15) is 0 Å². The van der Waals surface area contributed by atoms with Crippen molar-refractivity contribution in [3.8, 4) is 22.5 Å². The summed E-state index contributed by atoms with van der Waals surface area (Å²) < 4.78 is 7.62. The van der Waals surface area contributed by atoms with Gasteiger partial charge < -0.3 is 18.5 Å². The minimum absolute atomic E-state index is 0.0836. The molecule has 0 N–H and O–H groups in total. The lowest BCUT2D eigenvalue weighted by Gasteiger charge is -2.41. The van der Waals surface area contributed by atoms with Gasteiger partial charge in [0.1, 0.15) is 0 Å². The zero-order valence-corrected chi connectivity index (χ0v) is 31.9. The molecule has 0 atom stereocenters. The van der Waals surface area contributed by atoms with Gasteiger partial charge in [-0.25, -0.2) is 0 Å². The Bertz CT molecular complexity index is 3740. The van der Waals surface area contributed by atoms with E-state index in [1.54, 1.807) is 0 Å². The fourth-order valence-electron chi connectivity index (χ4n) is 11.0. The van der Waals surface area contributed by atoms with Crippen molar-refractivity contribution in [1.29, 1.82) is 0 Å². The highest BCUT2D eigenvalue weighted by Crippen LogP contribution is 2.48. The predicted molar refractivity (Wildman–Crippen MR) is 249 cm³/mol. The maximum Gasteiger partial charge on any atom is 0.335 e. The molecular weight excluding hydrogens is 715 g/mol. The summed E-state index contributed by atoms with van der Waals surface area (Å²) in [6.45, 7) is -0.0836. The Hall–Kier alpha value is -7.76. The van der Waals surface area contributed by atoms with Crippen molar-refractivity contribution in [2.45, 2.75) is 0 Å². The van der Waals surface area contributed by atoms with E-state index in [1.165, 1.54) is 98.8 Å². The van der Waals surface area contributed by atoms with Crippen molar-refractivity contribution in [3.63, 3.8) is 0 Å². The fourth-order valence-corrected chi connectivity index (χ4v) is 11.0. The molecule has 0 radical (unpaired) electrons. The van der Waals surface area contributed by atoms with Gasteiger partial charge in [0.05, 0.1) is 22.1 Å². The van der Waals surface area contributed by atoms with Gasteiger partial charge in [0.15, 0.2) is 0 Å². The molecule has 9 aromatic carbocycles. The lowest BCUT2D eigenvalue weighted by Crippen LogP contribution is -2.57. The van der Waals surface area contributed by atoms with Crippen LogP contribution < -0.4 is 15.8 Å². The van der Waals surface area contributed by atoms with Gasteiger partial charge >= 0.3 is 6.85 Å².